The van der Waals surface area contributed by atoms with Crippen molar-refractivity contribution < 1.29 is 4.79 Å². The maximum Gasteiger partial charge on any atom is 0.251 e. The third-order valence-corrected chi connectivity index (χ3v) is 4.79. The zero-order valence-electron chi connectivity index (χ0n) is 12.1. The van der Waals surface area contributed by atoms with Gasteiger partial charge in [0.15, 0.2) is 5.13 Å². The van der Waals surface area contributed by atoms with Crippen molar-refractivity contribution >= 4 is 32.6 Å². The average molecular weight is 304 g/mol. The first-order valence-corrected chi connectivity index (χ1v) is 8.06. The van der Waals surface area contributed by atoms with Crippen molar-refractivity contribution in [3.8, 4) is 0 Å². The number of hydrogen-bond acceptors (Lipinski definition) is 5. The number of hydrogen-bond donors (Lipinski definition) is 2. The second-order valence-electron chi connectivity index (χ2n) is 5.72. The first-order valence-electron chi connectivity index (χ1n) is 7.24. The summed E-state index contributed by atoms with van der Waals surface area (Å²) >= 11 is 1.41. The van der Waals surface area contributed by atoms with Crippen molar-refractivity contribution in [3.05, 3.63) is 23.8 Å². The molecule has 1 saturated heterocycles. The summed E-state index contributed by atoms with van der Waals surface area (Å²) in [4.78, 5) is 18.8. The Hall–Kier alpha value is -1.66. The number of nitrogens with zero attached hydrogens (tertiary/aromatic N) is 2. The molecule has 1 atom stereocenters. The number of nitrogen functional groups attached to an aromatic ring is 1. The van der Waals surface area contributed by atoms with Crippen LogP contribution in [0.5, 0.6) is 0 Å². The number of fused-ring (bicyclic) bond motifs is 1. The van der Waals surface area contributed by atoms with Crippen LogP contribution in [0.2, 0.25) is 0 Å². The topological polar surface area (TPSA) is 71.2 Å². The van der Waals surface area contributed by atoms with Crippen molar-refractivity contribution in [2.45, 2.75) is 12.8 Å². The maximum absolute atomic E-state index is 12.2. The van der Waals surface area contributed by atoms with Crippen molar-refractivity contribution in [1.29, 1.82) is 0 Å². The molecule has 1 aromatic carbocycles. The lowest BCUT2D eigenvalue weighted by atomic mass is 9.98. The number of nitrogens with two attached hydrogens (primary N) is 1. The highest BCUT2D eigenvalue weighted by molar-refractivity contribution is 7.22. The molecule has 0 radical (unpaired) electrons. The summed E-state index contributed by atoms with van der Waals surface area (Å²) in [7, 11) is 2.14. The molecule has 1 fully saturated rings. The third kappa shape index (κ3) is 3.33. The summed E-state index contributed by atoms with van der Waals surface area (Å²) in [6.07, 6.45) is 2.40. The van der Waals surface area contributed by atoms with Crippen molar-refractivity contribution in [3.63, 3.8) is 0 Å². The van der Waals surface area contributed by atoms with Crippen molar-refractivity contribution in [2.75, 3.05) is 32.4 Å². The number of nitrogens with one attached hydrogen (secondary N) is 1. The van der Waals surface area contributed by atoms with Gasteiger partial charge in [-0.2, -0.15) is 0 Å². The smallest absolute Gasteiger partial charge is 0.251 e. The Morgan fingerprint density at radius 3 is 3.24 bits per heavy atom. The van der Waals surface area contributed by atoms with E-state index in [2.05, 4.69) is 22.2 Å². The molecular weight excluding hydrogens is 284 g/mol. The zero-order valence-corrected chi connectivity index (χ0v) is 12.9. The number of carbonyl (C=O) groups is 1. The van der Waals surface area contributed by atoms with Crippen LogP contribution in [0.4, 0.5) is 5.13 Å². The van der Waals surface area contributed by atoms with E-state index in [0.717, 1.165) is 29.9 Å². The van der Waals surface area contributed by atoms with Gasteiger partial charge in [0.25, 0.3) is 5.91 Å². The van der Waals surface area contributed by atoms with E-state index >= 15 is 0 Å². The highest BCUT2D eigenvalue weighted by Gasteiger charge is 2.18. The highest BCUT2D eigenvalue weighted by atomic mass is 32.1. The Kier molecular flexibility index (Phi) is 4.07. The lowest BCUT2D eigenvalue weighted by Gasteiger charge is -2.29. The van der Waals surface area contributed by atoms with E-state index < -0.39 is 0 Å². The molecule has 6 heteroatoms. The molecule has 5 nitrogen and oxygen atoms in total. The number of piperidine rings is 1. The number of anilines is 1. The SMILES string of the molecule is CN1CCCC(CNC(=O)c2ccc3nc(N)sc3c2)C1. The van der Waals surface area contributed by atoms with Gasteiger partial charge in [0.2, 0.25) is 0 Å². The summed E-state index contributed by atoms with van der Waals surface area (Å²) in [5, 5.41) is 3.58. The fourth-order valence-electron chi connectivity index (χ4n) is 2.86. The van der Waals surface area contributed by atoms with Gasteiger partial charge in [-0.3, -0.25) is 4.79 Å². The normalized spacial score (nSPS) is 19.8. The predicted molar refractivity (Wildman–Crippen MR) is 86.6 cm³/mol. The molecule has 112 valence electrons. The van der Waals surface area contributed by atoms with Gasteiger partial charge in [-0.25, -0.2) is 4.98 Å². The number of amides is 1. The minimum Gasteiger partial charge on any atom is -0.375 e. The van der Waals surface area contributed by atoms with Gasteiger partial charge in [0, 0.05) is 18.7 Å². The average Bonchev–Trinajstić information content (AvgIpc) is 2.84. The molecule has 2 aromatic rings. The molecule has 1 aliphatic rings. The van der Waals surface area contributed by atoms with Crippen LogP contribution in [-0.2, 0) is 0 Å². The number of thiazole rings is 1. The van der Waals surface area contributed by atoms with Crippen LogP contribution < -0.4 is 11.1 Å². The van der Waals surface area contributed by atoms with Crippen LogP contribution in [0.1, 0.15) is 23.2 Å². The fraction of sp³-hybridized carbons (Fsp3) is 0.467. The number of aromatic nitrogens is 1. The Bertz CT molecular complexity index is 654. The van der Waals surface area contributed by atoms with Gasteiger partial charge in [0.1, 0.15) is 0 Å². The largest absolute Gasteiger partial charge is 0.375 e. The molecule has 1 amide bonds. The van der Waals surface area contributed by atoms with Crippen molar-refractivity contribution in [1.82, 2.24) is 15.2 Å². The fourth-order valence-corrected chi connectivity index (χ4v) is 3.64. The first kappa shape index (κ1) is 14.3. The third-order valence-electron chi connectivity index (χ3n) is 3.94. The summed E-state index contributed by atoms with van der Waals surface area (Å²) < 4.78 is 0.956. The summed E-state index contributed by atoms with van der Waals surface area (Å²) in [5.74, 6) is 0.535. The van der Waals surface area contributed by atoms with Gasteiger partial charge in [-0.15, -0.1) is 0 Å². The minimum absolute atomic E-state index is 0.0166. The minimum atomic E-state index is -0.0166. The van der Waals surface area contributed by atoms with E-state index in [0.29, 0.717) is 16.6 Å². The monoisotopic (exact) mass is 304 g/mol. The van der Waals surface area contributed by atoms with Crippen LogP contribution in [0, 0.1) is 5.92 Å². The van der Waals surface area contributed by atoms with Crippen LogP contribution in [-0.4, -0.2) is 42.5 Å². The Morgan fingerprint density at radius 2 is 2.43 bits per heavy atom. The molecule has 0 bridgehead atoms. The summed E-state index contributed by atoms with van der Waals surface area (Å²) in [6, 6.07) is 5.53. The van der Waals surface area contributed by atoms with E-state index in [4.69, 9.17) is 5.73 Å². The predicted octanol–water partition coefficient (Wildman–Crippen LogP) is 1.95. The van der Waals surface area contributed by atoms with Gasteiger partial charge >= 0.3 is 0 Å². The molecule has 0 saturated carbocycles. The van der Waals surface area contributed by atoms with Gasteiger partial charge < -0.3 is 16.0 Å². The number of rotatable bonds is 3. The zero-order chi connectivity index (χ0) is 14.8. The Morgan fingerprint density at radius 1 is 1.57 bits per heavy atom. The van der Waals surface area contributed by atoms with Crippen LogP contribution in [0.3, 0.4) is 0 Å². The quantitative estimate of drug-likeness (QED) is 0.909. The molecule has 21 heavy (non-hydrogen) atoms. The molecule has 0 aliphatic carbocycles. The van der Waals surface area contributed by atoms with E-state index in [1.165, 1.54) is 24.2 Å². The lowest BCUT2D eigenvalue weighted by molar-refractivity contribution is 0.0937. The molecule has 1 unspecified atom stereocenters. The summed E-state index contributed by atoms with van der Waals surface area (Å²) in [5.41, 5.74) is 7.21. The number of benzene rings is 1. The van der Waals surface area contributed by atoms with Crippen molar-refractivity contribution in [2.24, 2.45) is 5.92 Å². The molecule has 2 heterocycles. The van der Waals surface area contributed by atoms with Gasteiger partial charge in [0.05, 0.1) is 10.2 Å². The second-order valence-corrected chi connectivity index (χ2v) is 6.78. The standard InChI is InChI=1S/C15H20N4OS/c1-19-6-2-3-10(9-19)8-17-14(20)11-4-5-12-13(7-11)21-15(16)18-12/h4-5,7,10H,2-3,6,8-9H2,1H3,(H2,16,18)(H,17,20). The van der Waals surface area contributed by atoms with E-state index in [1.807, 2.05) is 18.2 Å². The van der Waals surface area contributed by atoms with Crippen LogP contribution in [0.15, 0.2) is 18.2 Å². The molecule has 0 spiro atoms. The highest BCUT2D eigenvalue weighted by Crippen LogP contribution is 2.24. The van der Waals surface area contributed by atoms with Gasteiger partial charge in [-0.1, -0.05) is 11.3 Å². The maximum atomic E-state index is 12.2. The Balaban J connectivity index is 1.63. The van der Waals surface area contributed by atoms with E-state index in [1.54, 1.807) is 0 Å². The van der Waals surface area contributed by atoms with Gasteiger partial charge in [-0.05, 0) is 50.6 Å². The number of carbonyl (C=O) groups excluding carboxylic acids is 1. The molecule has 3 N–H and O–H groups in total. The Labute approximate surface area is 128 Å². The molecule has 1 aliphatic heterocycles. The first-order chi connectivity index (χ1) is 10.1. The van der Waals surface area contributed by atoms with E-state index in [9.17, 15) is 4.79 Å². The van der Waals surface area contributed by atoms with E-state index in [-0.39, 0.29) is 5.91 Å². The van der Waals surface area contributed by atoms with Crippen LogP contribution >= 0.6 is 11.3 Å². The second kappa shape index (κ2) is 5.99. The summed E-state index contributed by atoms with van der Waals surface area (Å²) in [6.45, 7) is 2.96. The number of likely N-dealkylation sites (tertiary alicyclic amines) is 1. The molecule has 1 aromatic heterocycles. The lowest BCUT2D eigenvalue weighted by Crippen LogP contribution is -2.39. The van der Waals surface area contributed by atoms with Crippen LogP contribution in [0.25, 0.3) is 10.2 Å². The molecular formula is C15H20N4OS. The molecule has 3 rings (SSSR count).